The molecule has 94 valence electrons. The van der Waals surface area contributed by atoms with Crippen LogP contribution in [0.5, 0.6) is 5.75 Å². The second kappa shape index (κ2) is 5.86. The molecule has 0 fully saturated rings. The zero-order valence-electron chi connectivity index (χ0n) is 8.96. The van der Waals surface area contributed by atoms with E-state index in [1.54, 1.807) is 24.3 Å². The standard InChI is InChI=1S/C11H12F3NOS/c12-11(13,14)6-1-7-16-9-4-2-8(3-5-9)10(15)17/h2-5H,1,6-7H2,(H2,15,17). The molecule has 0 atom stereocenters. The Morgan fingerprint density at radius 1 is 1.24 bits per heavy atom. The van der Waals surface area contributed by atoms with E-state index in [1.807, 2.05) is 0 Å². The summed E-state index contributed by atoms with van der Waals surface area (Å²) in [6, 6.07) is 6.59. The summed E-state index contributed by atoms with van der Waals surface area (Å²) in [5.41, 5.74) is 6.10. The summed E-state index contributed by atoms with van der Waals surface area (Å²) < 4.78 is 40.7. The van der Waals surface area contributed by atoms with Crippen molar-refractivity contribution in [1.82, 2.24) is 0 Å². The molecule has 0 radical (unpaired) electrons. The van der Waals surface area contributed by atoms with Gasteiger partial charge in [-0.2, -0.15) is 13.2 Å². The maximum absolute atomic E-state index is 11.8. The van der Waals surface area contributed by atoms with Crippen LogP contribution in [-0.2, 0) is 0 Å². The minimum atomic E-state index is -4.13. The molecular formula is C11H12F3NOS. The van der Waals surface area contributed by atoms with Crippen molar-refractivity contribution < 1.29 is 17.9 Å². The predicted octanol–water partition coefficient (Wildman–Crippen LogP) is 3.04. The van der Waals surface area contributed by atoms with Gasteiger partial charge in [-0.1, -0.05) is 12.2 Å². The number of nitrogens with two attached hydrogens (primary N) is 1. The number of halogens is 3. The lowest BCUT2D eigenvalue weighted by Crippen LogP contribution is -2.10. The molecule has 0 saturated carbocycles. The van der Waals surface area contributed by atoms with Gasteiger partial charge in [0, 0.05) is 12.0 Å². The van der Waals surface area contributed by atoms with Crippen LogP contribution in [0.15, 0.2) is 24.3 Å². The van der Waals surface area contributed by atoms with E-state index in [9.17, 15) is 13.2 Å². The molecule has 0 aliphatic rings. The van der Waals surface area contributed by atoms with Gasteiger partial charge in [-0.25, -0.2) is 0 Å². The van der Waals surface area contributed by atoms with Crippen LogP contribution in [-0.4, -0.2) is 17.8 Å². The zero-order chi connectivity index (χ0) is 12.9. The van der Waals surface area contributed by atoms with Gasteiger partial charge in [-0.15, -0.1) is 0 Å². The molecule has 1 rings (SSSR count). The Morgan fingerprint density at radius 2 is 1.82 bits per heavy atom. The summed E-state index contributed by atoms with van der Waals surface area (Å²) >= 11 is 4.76. The number of thiocarbonyl (C=S) groups is 1. The summed E-state index contributed by atoms with van der Waals surface area (Å²) in [5, 5.41) is 0. The molecule has 0 aliphatic heterocycles. The van der Waals surface area contributed by atoms with Crippen molar-refractivity contribution in [2.45, 2.75) is 19.0 Å². The van der Waals surface area contributed by atoms with E-state index < -0.39 is 12.6 Å². The van der Waals surface area contributed by atoms with Crippen molar-refractivity contribution in [3.05, 3.63) is 29.8 Å². The molecule has 2 N–H and O–H groups in total. The summed E-state index contributed by atoms with van der Waals surface area (Å²) in [6.07, 6.45) is -5.02. The topological polar surface area (TPSA) is 35.2 Å². The maximum Gasteiger partial charge on any atom is 0.389 e. The normalized spacial score (nSPS) is 11.2. The van der Waals surface area contributed by atoms with Crippen LogP contribution >= 0.6 is 12.2 Å². The van der Waals surface area contributed by atoms with Gasteiger partial charge in [-0.3, -0.25) is 0 Å². The van der Waals surface area contributed by atoms with Crippen molar-refractivity contribution in [3.63, 3.8) is 0 Å². The van der Waals surface area contributed by atoms with Gasteiger partial charge in [0.1, 0.15) is 10.7 Å². The number of rotatable bonds is 5. The monoisotopic (exact) mass is 263 g/mol. The fraction of sp³-hybridized carbons (Fsp3) is 0.364. The van der Waals surface area contributed by atoms with Crippen LogP contribution < -0.4 is 10.5 Å². The van der Waals surface area contributed by atoms with E-state index in [0.29, 0.717) is 11.3 Å². The fourth-order valence-electron chi connectivity index (χ4n) is 1.18. The van der Waals surface area contributed by atoms with Gasteiger partial charge >= 0.3 is 6.18 Å². The van der Waals surface area contributed by atoms with E-state index in [1.165, 1.54) is 0 Å². The molecule has 0 bridgehead atoms. The molecule has 2 nitrogen and oxygen atoms in total. The second-order valence-electron chi connectivity index (χ2n) is 3.46. The molecule has 0 aromatic heterocycles. The molecule has 0 heterocycles. The number of ether oxygens (including phenoxy) is 1. The molecule has 0 aliphatic carbocycles. The van der Waals surface area contributed by atoms with Gasteiger partial charge in [0.15, 0.2) is 0 Å². The van der Waals surface area contributed by atoms with Crippen molar-refractivity contribution in [2.75, 3.05) is 6.61 Å². The highest BCUT2D eigenvalue weighted by molar-refractivity contribution is 7.80. The van der Waals surface area contributed by atoms with Crippen LogP contribution in [0.25, 0.3) is 0 Å². The van der Waals surface area contributed by atoms with Crippen molar-refractivity contribution in [1.29, 1.82) is 0 Å². The lowest BCUT2D eigenvalue weighted by molar-refractivity contribution is -0.136. The highest BCUT2D eigenvalue weighted by atomic mass is 32.1. The van der Waals surface area contributed by atoms with Gasteiger partial charge in [0.2, 0.25) is 0 Å². The van der Waals surface area contributed by atoms with Crippen molar-refractivity contribution >= 4 is 17.2 Å². The van der Waals surface area contributed by atoms with E-state index in [2.05, 4.69) is 0 Å². The maximum atomic E-state index is 11.8. The highest BCUT2D eigenvalue weighted by Gasteiger charge is 2.26. The van der Waals surface area contributed by atoms with Crippen molar-refractivity contribution in [3.8, 4) is 5.75 Å². The fourth-order valence-corrected chi connectivity index (χ4v) is 1.31. The predicted molar refractivity (Wildman–Crippen MR) is 63.1 cm³/mol. The molecule has 0 saturated heterocycles. The molecular weight excluding hydrogens is 251 g/mol. The number of hydrogen-bond donors (Lipinski definition) is 1. The Bertz CT molecular complexity index is 375. The number of benzene rings is 1. The molecule has 1 aromatic carbocycles. The van der Waals surface area contributed by atoms with E-state index in [4.69, 9.17) is 22.7 Å². The Hall–Kier alpha value is -1.30. The molecule has 1 aromatic rings. The zero-order valence-corrected chi connectivity index (χ0v) is 9.77. The molecule has 17 heavy (non-hydrogen) atoms. The third-order valence-corrected chi connectivity index (χ3v) is 2.25. The van der Waals surface area contributed by atoms with Crippen molar-refractivity contribution in [2.24, 2.45) is 5.73 Å². The summed E-state index contributed by atoms with van der Waals surface area (Å²) in [6.45, 7) is 0.0337. The minimum absolute atomic E-state index is 0.0337. The smallest absolute Gasteiger partial charge is 0.389 e. The summed E-state index contributed by atoms with van der Waals surface area (Å²) in [4.78, 5) is 0.272. The molecule has 6 heteroatoms. The first kappa shape index (κ1) is 13.8. The van der Waals surface area contributed by atoms with E-state index in [0.717, 1.165) is 0 Å². The van der Waals surface area contributed by atoms with Gasteiger partial charge < -0.3 is 10.5 Å². The molecule has 0 spiro atoms. The average Bonchev–Trinajstić information content (AvgIpc) is 2.24. The number of alkyl halides is 3. The second-order valence-corrected chi connectivity index (χ2v) is 3.90. The number of hydrogen-bond acceptors (Lipinski definition) is 2. The quantitative estimate of drug-likeness (QED) is 0.655. The first-order valence-electron chi connectivity index (χ1n) is 4.98. The third kappa shape index (κ3) is 5.53. The van der Waals surface area contributed by atoms with Crippen LogP contribution in [0.3, 0.4) is 0 Å². The first-order valence-corrected chi connectivity index (χ1v) is 5.39. The Balaban J connectivity index is 2.35. The van der Waals surface area contributed by atoms with Crippen LogP contribution in [0.2, 0.25) is 0 Å². The minimum Gasteiger partial charge on any atom is -0.494 e. The SMILES string of the molecule is NC(=S)c1ccc(OCCCC(F)(F)F)cc1. The Labute approximate surface area is 103 Å². The van der Waals surface area contributed by atoms with E-state index >= 15 is 0 Å². The highest BCUT2D eigenvalue weighted by Crippen LogP contribution is 2.21. The largest absolute Gasteiger partial charge is 0.494 e. The lowest BCUT2D eigenvalue weighted by atomic mass is 10.2. The Kier molecular flexibility index (Phi) is 4.74. The summed E-state index contributed by atoms with van der Waals surface area (Å²) in [7, 11) is 0. The van der Waals surface area contributed by atoms with Gasteiger partial charge in [0.25, 0.3) is 0 Å². The Morgan fingerprint density at radius 3 is 2.29 bits per heavy atom. The van der Waals surface area contributed by atoms with E-state index in [-0.39, 0.29) is 18.0 Å². The molecule has 0 unspecified atom stereocenters. The summed E-state index contributed by atoms with van der Waals surface area (Å²) in [5.74, 6) is 0.507. The van der Waals surface area contributed by atoms with Crippen LogP contribution in [0.4, 0.5) is 13.2 Å². The van der Waals surface area contributed by atoms with Gasteiger partial charge in [-0.05, 0) is 30.7 Å². The van der Waals surface area contributed by atoms with Gasteiger partial charge in [0.05, 0.1) is 6.61 Å². The molecule has 0 amide bonds. The lowest BCUT2D eigenvalue weighted by Gasteiger charge is -2.08. The third-order valence-electron chi connectivity index (χ3n) is 2.01. The average molecular weight is 263 g/mol. The van der Waals surface area contributed by atoms with Crippen LogP contribution in [0.1, 0.15) is 18.4 Å². The first-order chi connectivity index (χ1) is 7.88. The van der Waals surface area contributed by atoms with Crippen LogP contribution in [0, 0.1) is 0 Å².